The molecule has 12 N–H and O–H groups in total. The molecule has 33 heavy (non-hydrogen) atoms. The largest absolute Gasteiger partial charge is 0.394 e. The molecule has 0 aliphatic carbocycles. The van der Waals surface area contributed by atoms with Gasteiger partial charge in [-0.3, -0.25) is 0 Å². The van der Waals surface area contributed by atoms with E-state index in [9.17, 15) is 40.5 Å². The van der Waals surface area contributed by atoms with Crippen molar-refractivity contribution in [2.75, 3.05) is 19.8 Å². The van der Waals surface area contributed by atoms with Crippen LogP contribution in [-0.4, -0.2) is 167 Å². The van der Waals surface area contributed by atoms with Gasteiger partial charge in [-0.05, 0) is 0 Å². The molecule has 0 saturated carbocycles. The van der Waals surface area contributed by atoms with Gasteiger partial charge in [-0.1, -0.05) is 0 Å². The molecule has 13 atom stereocenters. The van der Waals surface area contributed by atoms with Crippen molar-refractivity contribution in [1.29, 1.82) is 0 Å². The zero-order valence-corrected chi connectivity index (χ0v) is 17.2. The molecule has 0 radical (unpaired) electrons. The van der Waals surface area contributed by atoms with E-state index in [4.69, 9.17) is 39.7 Å². The van der Waals surface area contributed by atoms with Gasteiger partial charge in [0.15, 0.2) is 18.9 Å². The Morgan fingerprint density at radius 3 is 1.82 bits per heavy atom. The number of ether oxygens (including phenoxy) is 3. The van der Waals surface area contributed by atoms with Gasteiger partial charge in [-0.25, -0.2) is 0 Å². The minimum atomic E-state index is -1.74. The van der Waals surface area contributed by atoms with Crippen LogP contribution in [0, 0.1) is 0 Å². The van der Waals surface area contributed by atoms with E-state index in [2.05, 4.69) is 0 Å². The zero-order valence-electron chi connectivity index (χ0n) is 17.2. The van der Waals surface area contributed by atoms with Crippen LogP contribution in [-0.2, 0) is 19.0 Å². The first-order valence-corrected chi connectivity index (χ1v) is 9.81. The summed E-state index contributed by atoms with van der Waals surface area (Å²) in [6.07, 6.45) is -20.2. The summed E-state index contributed by atoms with van der Waals surface area (Å²) >= 11 is 0. The van der Waals surface area contributed by atoms with Crippen LogP contribution < -0.4 is 0 Å². The molecular formula is C17H32O16. The van der Waals surface area contributed by atoms with Crippen LogP contribution >= 0.6 is 0 Å². The highest BCUT2D eigenvalue weighted by atomic mass is 16.7. The first-order valence-electron chi connectivity index (χ1n) is 9.81. The third kappa shape index (κ3) is 7.52. The predicted octanol–water partition coefficient (Wildman–Crippen LogP) is -8.14. The van der Waals surface area contributed by atoms with Crippen LogP contribution in [0.5, 0.6) is 0 Å². The lowest BCUT2D eigenvalue weighted by atomic mass is 9.97. The second-order valence-corrected chi connectivity index (χ2v) is 7.39. The molecule has 0 aromatic carbocycles. The van der Waals surface area contributed by atoms with Crippen LogP contribution in [0.4, 0.5) is 0 Å². The van der Waals surface area contributed by atoms with Gasteiger partial charge in [0.1, 0.15) is 67.1 Å². The quantitative estimate of drug-likeness (QED) is 0.140. The highest BCUT2D eigenvalue weighted by molar-refractivity contribution is 5.56. The molecule has 0 spiro atoms. The summed E-state index contributed by atoms with van der Waals surface area (Å²) in [5.74, 6) is 0. The van der Waals surface area contributed by atoms with Gasteiger partial charge in [0, 0.05) is 0 Å². The van der Waals surface area contributed by atoms with Crippen LogP contribution in [0.25, 0.3) is 0 Å². The van der Waals surface area contributed by atoms with Crippen molar-refractivity contribution in [2.24, 2.45) is 0 Å². The molecule has 0 amide bonds. The molecule has 2 aliphatic heterocycles. The van der Waals surface area contributed by atoms with Crippen molar-refractivity contribution >= 4 is 6.29 Å². The van der Waals surface area contributed by atoms with Gasteiger partial charge < -0.3 is 80.3 Å². The van der Waals surface area contributed by atoms with E-state index in [0.29, 0.717) is 0 Å². The van der Waals surface area contributed by atoms with Crippen molar-refractivity contribution in [3.8, 4) is 0 Å². The van der Waals surface area contributed by atoms with E-state index < -0.39 is 99.5 Å². The maximum Gasteiger partial charge on any atom is 0.187 e. The number of aliphatic hydroxyl groups excluding tert-OH is 12. The Morgan fingerprint density at radius 1 is 0.758 bits per heavy atom. The number of aldehydes is 1. The standard InChI is InChI=1S/C12H22O11.C5H10O5/c13-1-3-5(15)6(16)9(19)12(22-3)23-10-4(2-14)21-11(20)8(18)7(10)17;6-1-3(8)5(10)4(9)2-7/h3-20H,1-2H2;1,3-5,7-10H,2H2/t3-,4-,5+,6+,7-,8-,9-,10-,11?,12+;3-,4-,5+/m11/s1. The SMILES string of the molecule is O=C[C@@H](O)[C@H](O)[C@H](O)CO.OC[C@H]1O[C@@H](O[C@H]2[C@H](O)[C@@H](O)C(O)O[C@@H]2CO)[C@H](O)[C@@H](O)[C@H]1O. The number of carbonyl (C=O) groups is 1. The summed E-state index contributed by atoms with van der Waals surface area (Å²) in [4.78, 5) is 9.76. The summed E-state index contributed by atoms with van der Waals surface area (Å²) in [6, 6.07) is 0. The van der Waals surface area contributed by atoms with Crippen LogP contribution in [0.3, 0.4) is 0 Å². The number of aliphatic hydroxyl groups is 12. The normalized spacial score (nSPS) is 41.9. The highest BCUT2D eigenvalue weighted by Gasteiger charge is 2.50. The first-order chi connectivity index (χ1) is 15.4. The van der Waals surface area contributed by atoms with Crippen LogP contribution in [0.1, 0.15) is 0 Å². The molecular weight excluding hydrogens is 460 g/mol. The lowest BCUT2D eigenvalue weighted by Crippen LogP contribution is -2.64. The Labute approximate surface area is 187 Å². The molecule has 0 aromatic rings. The number of rotatable bonds is 8. The fourth-order valence-electron chi connectivity index (χ4n) is 2.99. The fourth-order valence-corrected chi connectivity index (χ4v) is 2.99. The highest BCUT2D eigenvalue weighted by Crippen LogP contribution is 2.28. The van der Waals surface area contributed by atoms with Gasteiger partial charge in [-0.15, -0.1) is 0 Å². The van der Waals surface area contributed by atoms with Crippen molar-refractivity contribution in [1.82, 2.24) is 0 Å². The molecule has 2 saturated heterocycles. The van der Waals surface area contributed by atoms with Gasteiger partial charge in [-0.2, -0.15) is 0 Å². The van der Waals surface area contributed by atoms with E-state index in [1.54, 1.807) is 0 Å². The average Bonchev–Trinajstić information content (AvgIpc) is 2.82. The molecule has 16 heteroatoms. The Hall–Kier alpha value is -0.930. The topological polar surface area (TPSA) is 288 Å². The van der Waals surface area contributed by atoms with Gasteiger partial charge in [0.25, 0.3) is 0 Å². The summed E-state index contributed by atoms with van der Waals surface area (Å²) in [5, 5.41) is 111. The molecule has 0 aromatic heterocycles. The second kappa shape index (κ2) is 13.8. The van der Waals surface area contributed by atoms with E-state index >= 15 is 0 Å². The van der Waals surface area contributed by atoms with E-state index in [1.165, 1.54) is 0 Å². The molecule has 2 fully saturated rings. The minimum Gasteiger partial charge on any atom is -0.394 e. The average molecular weight is 492 g/mol. The van der Waals surface area contributed by atoms with Crippen molar-refractivity contribution in [3.63, 3.8) is 0 Å². The Bertz CT molecular complexity index is 563. The molecule has 1 unspecified atom stereocenters. The number of hydrogen-bond acceptors (Lipinski definition) is 16. The fraction of sp³-hybridized carbons (Fsp3) is 0.941. The van der Waals surface area contributed by atoms with Crippen molar-refractivity contribution in [3.05, 3.63) is 0 Å². The zero-order chi connectivity index (χ0) is 25.5. The summed E-state index contributed by atoms with van der Waals surface area (Å²) in [5.41, 5.74) is 0. The summed E-state index contributed by atoms with van der Waals surface area (Å²) < 4.78 is 15.3. The minimum absolute atomic E-state index is 0.0869. The van der Waals surface area contributed by atoms with Crippen molar-refractivity contribution in [2.45, 2.75) is 79.7 Å². The van der Waals surface area contributed by atoms with Crippen molar-refractivity contribution < 1.29 is 80.3 Å². The van der Waals surface area contributed by atoms with Crippen LogP contribution in [0.15, 0.2) is 0 Å². The summed E-state index contributed by atoms with van der Waals surface area (Å²) in [6.45, 7) is -2.03. The molecule has 2 heterocycles. The number of hydrogen-bond donors (Lipinski definition) is 12. The third-order valence-electron chi connectivity index (χ3n) is 5.05. The lowest BCUT2D eigenvalue weighted by Gasteiger charge is -2.45. The maximum absolute atomic E-state index is 9.94. The first kappa shape index (κ1) is 30.1. The molecule has 16 nitrogen and oxygen atoms in total. The van der Waals surface area contributed by atoms with Gasteiger partial charge in [0.2, 0.25) is 0 Å². The molecule has 2 rings (SSSR count). The lowest BCUT2D eigenvalue weighted by molar-refractivity contribution is -0.355. The number of carbonyl (C=O) groups excluding carboxylic acids is 1. The second-order valence-electron chi connectivity index (χ2n) is 7.39. The van der Waals surface area contributed by atoms with E-state index in [0.717, 1.165) is 0 Å². The van der Waals surface area contributed by atoms with Gasteiger partial charge in [0.05, 0.1) is 19.8 Å². The molecule has 196 valence electrons. The maximum atomic E-state index is 9.94. The monoisotopic (exact) mass is 492 g/mol. The van der Waals surface area contributed by atoms with Crippen LogP contribution in [0.2, 0.25) is 0 Å². The smallest absolute Gasteiger partial charge is 0.187 e. The summed E-state index contributed by atoms with van der Waals surface area (Å²) in [7, 11) is 0. The predicted molar refractivity (Wildman–Crippen MR) is 99.8 cm³/mol. The van der Waals surface area contributed by atoms with E-state index in [1.807, 2.05) is 0 Å². The Balaban J connectivity index is 0.000000461. The Kier molecular flexibility index (Phi) is 12.6. The molecule has 2 aliphatic rings. The van der Waals surface area contributed by atoms with Gasteiger partial charge >= 0.3 is 0 Å². The van der Waals surface area contributed by atoms with E-state index in [-0.39, 0.29) is 6.29 Å². The Morgan fingerprint density at radius 2 is 1.33 bits per heavy atom. The third-order valence-corrected chi connectivity index (χ3v) is 5.05. The molecule has 0 bridgehead atoms.